The van der Waals surface area contributed by atoms with Crippen LogP contribution in [0.15, 0.2) is 48.8 Å². The van der Waals surface area contributed by atoms with E-state index in [0.29, 0.717) is 10.8 Å². The number of benzene rings is 1. The van der Waals surface area contributed by atoms with Crippen LogP contribution in [0.25, 0.3) is 0 Å². The molecule has 1 aromatic heterocycles. The third kappa shape index (κ3) is 6.33. The Hall–Kier alpha value is -2.08. The number of esters is 1. The molecule has 1 aromatic carbocycles. The summed E-state index contributed by atoms with van der Waals surface area (Å²) in [5.41, 5.74) is 0. The quantitative estimate of drug-likeness (QED) is 0.526. The monoisotopic (exact) mass is 398 g/mol. The van der Waals surface area contributed by atoms with Gasteiger partial charge in [-0.2, -0.15) is 5.09 Å². The molecule has 140 valence electrons. The van der Waals surface area contributed by atoms with Gasteiger partial charge < -0.3 is 13.8 Å². The summed E-state index contributed by atoms with van der Waals surface area (Å²) in [7, 11) is -3.99. The van der Waals surface area contributed by atoms with Crippen molar-refractivity contribution < 1.29 is 23.1 Å². The van der Waals surface area contributed by atoms with Gasteiger partial charge in [0.25, 0.3) is 0 Å². The summed E-state index contributed by atoms with van der Waals surface area (Å²) in [6, 6.07) is 8.97. The summed E-state index contributed by atoms with van der Waals surface area (Å²) >= 11 is 5.88. The predicted octanol–water partition coefficient (Wildman–Crippen LogP) is 4.23. The normalized spacial score (nSPS) is 14.3. The fourth-order valence-corrected chi connectivity index (χ4v) is 3.56. The van der Waals surface area contributed by atoms with E-state index < -0.39 is 19.8 Å². The third-order valence-corrected chi connectivity index (χ3v) is 4.74. The molecule has 26 heavy (non-hydrogen) atoms. The standard InChI is InChI=1S/C17H20ClN2O5P/c1-12(2)23-17(21)13(3)20-26(22,24-15-7-5-4-6-8-15)25-16-9-14(18)10-19-11-16/h4-13H,1-3H3,(H,20,22)/t13-,26-/m1/s1. The van der Waals surface area contributed by atoms with Crippen molar-refractivity contribution in [3.8, 4) is 11.5 Å². The van der Waals surface area contributed by atoms with Crippen LogP contribution in [0.5, 0.6) is 11.5 Å². The van der Waals surface area contributed by atoms with Crippen molar-refractivity contribution in [3.05, 3.63) is 53.8 Å². The van der Waals surface area contributed by atoms with Crippen LogP contribution in [0.4, 0.5) is 0 Å². The van der Waals surface area contributed by atoms with E-state index >= 15 is 0 Å². The summed E-state index contributed by atoms with van der Waals surface area (Å²) in [6.45, 7) is 4.95. The molecule has 2 aromatic rings. The minimum atomic E-state index is -3.99. The van der Waals surface area contributed by atoms with Gasteiger partial charge in [0.1, 0.15) is 11.8 Å². The Balaban J connectivity index is 2.22. The summed E-state index contributed by atoms with van der Waals surface area (Å²) in [4.78, 5) is 15.9. The Kier molecular flexibility index (Phi) is 7.03. The Morgan fingerprint density at radius 1 is 1.12 bits per heavy atom. The van der Waals surface area contributed by atoms with E-state index in [4.69, 9.17) is 25.4 Å². The van der Waals surface area contributed by atoms with Gasteiger partial charge in [0, 0.05) is 12.3 Å². The second kappa shape index (κ2) is 9.03. The summed E-state index contributed by atoms with van der Waals surface area (Å²) < 4.78 is 29.3. The summed E-state index contributed by atoms with van der Waals surface area (Å²) in [5, 5.41) is 2.89. The number of carbonyl (C=O) groups is 1. The predicted molar refractivity (Wildman–Crippen MR) is 98.4 cm³/mol. The topological polar surface area (TPSA) is 86.8 Å². The van der Waals surface area contributed by atoms with Gasteiger partial charge in [0.2, 0.25) is 0 Å². The number of ether oxygens (including phenoxy) is 1. The highest BCUT2D eigenvalue weighted by atomic mass is 35.5. The number of rotatable bonds is 8. The number of hydrogen-bond acceptors (Lipinski definition) is 6. The number of nitrogens with one attached hydrogen (secondary N) is 1. The smallest absolute Gasteiger partial charge is 0.462 e. The van der Waals surface area contributed by atoms with Crippen molar-refractivity contribution in [2.75, 3.05) is 0 Å². The molecular weight excluding hydrogens is 379 g/mol. The third-order valence-electron chi connectivity index (χ3n) is 2.93. The Labute approximate surface area is 157 Å². The van der Waals surface area contributed by atoms with Gasteiger partial charge in [-0.3, -0.25) is 9.78 Å². The molecule has 0 aliphatic rings. The molecule has 9 heteroatoms. The maximum atomic E-state index is 13.2. The Morgan fingerprint density at radius 2 is 1.77 bits per heavy atom. The minimum Gasteiger partial charge on any atom is -0.462 e. The van der Waals surface area contributed by atoms with Crippen molar-refractivity contribution in [1.82, 2.24) is 10.1 Å². The van der Waals surface area contributed by atoms with Crippen LogP contribution in [-0.2, 0) is 14.1 Å². The number of hydrogen-bond donors (Lipinski definition) is 1. The first-order chi connectivity index (χ1) is 12.3. The maximum Gasteiger partial charge on any atom is 0.513 e. The molecule has 0 spiro atoms. The zero-order valence-electron chi connectivity index (χ0n) is 14.6. The molecule has 1 N–H and O–H groups in total. The van der Waals surface area contributed by atoms with E-state index in [-0.39, 0.29) is 11.9 Å². The highest BCUT2D eigenvalue weighted by molar-refractivity contribution is 7.52. The molecule has 0 aliphatic carbocycles. The second-order valence-electron chi connectivity index (χ2n) is 5.67. The number of nitrogens with zero attached hydrogens (tertiary/aromatic N) is 1. The Bertz CT molecular complexity index is 788. The molecule has 2 rings (SSSR count). The highest BCUT2D eigenvalue weighted by Crippen LogP contribution is 2.45. The molecule has 7 nitrogen and oxygen atoms in total. The average Bonchev–Trinajstić information content (AvgIpc) is 2.54. The molecule has 0 unspecified atom stereocenters. The van der Waals surface area contributed by atoms with E-state index in [2.05, 4.69) is 10.1 Å². The molecule has 0 saturated carbocycles. The summed E-state index contributed by atoms with van der Waals surface area (Å²) in [5.74, 6) is -0.138. The lowest BCUT2D eigenvalue weighted by Gasteiger charge is -2.23. The molecule has 0 radical (unpaired) electrons. The van der Waals surface area contributed by atoms with Gasteiger partial charge in [-0.1, -0.05) is 29.8 Å². The van der Waals surface area contributed by atoms with Crippen molar-refractivity contribution in [1.29, 1.82) is 0 Å². The fourth-order valence-electron chi connectivity index (χ4n) is 1.90. The number of pyridine rings is 1. The SMILES string of the molecule is CC(C)OC(=O)[C@@H](C)N[P@@](=O)(Oc1ccccc1)Oc1cncc(Cl)c1. The number of aromatic nitrogens is 1. The first-order valence-electron chi connectivity index (χ1n) is 7.90. The van der Waals surface area contributed by atoms with Crippen molar-refractivity contribution in [3.63, 3.8) is 0 Å². The molecule has 0 amide bonds. The number of carbonyl (C=O) groups excluding carboxylic acids is 1. The van der Waals surface area contributed by atoms with Gasteiger partial charge in [-0.15, -0.1) is 0 Å². The zero-order chi connectivity index (χ0) is 19.2. The highest BCUT2D eigenvalue weighted by Gasteiger charge is 2.34. The second-order valence-corrected chi connectivity index (χ2v) is 7.72. The van der Waals surface area contributed by atoms with Gasteiger partial charge in [0.15, 0.2) is 5.75 Å². The molecule has 1 heterocycles. The van der Waals surface area contributed by atoms with Crippen LogP contribution < -0.4 is 14.1 Å². The molecule has 0 fully saturated rings. The molecule has 2 atom stereocenters. The lowest BCUT2D eigenvalue weighted by molar-refractivity contribution is -0.149. The van der Waals surface area contributed by atoms with Crippen LogP contribution in [0.2, 0.25) is 5.02 Å². The first-order valence-corrected chi connectivity index (χ1v) is 9.82. The average molecular weight is 399 g/mol. The van der Waals surface area contributed by atoms with E-state index in [0.717, 1.165) is 0 Å². The van der Waals surface area contributed by atoms with Gasteiger partial charge in [0.05, 0.1) is 17.3 Å². The van der Waals surface area contributed by atoms with E-state index in [1.165, 1.54) is 25.4 Å². The largest absolute Gasteiger partial charge is 0.513 e. The van der Waals surface area contributed by atoms with Gasteiger partial charge >= 0.3 is 13.7 Å². The maximum absolute atomic E-state index is 13.2. The zero-order valence-corrected chi connectivity index (χ0v) is 16.2. The Morgan fingerprint density at radius 3 is 2.38 bits per heavy atom. The van der Waals surface area contributed by atoms with E-state index in [1.54, 1.807) is 44.2 Å². The molecule has 0 bridgehead atoms. The molecule has 0 aliphatic heterocycles. The minimum absolute atomic E-state index is 0.133. The lowest BCUT2D eigenvalue weighted by atomic mass is 10.3. The fraction of sp³-hybridized carbons (Fsp3) is 0.294. The van der Waals surface area contributed by atoms with Crippen LogP contribution in [-0.4, -0.2) is 23.1 Å². The number of para-hydroxylation sites is 1. The lowest BCUT2D eigenvalue weighted by Crippen LogP contribution is -2.36. The molecular formula is C17H20ClN2O5P. The van der Waals surface area contributed by atoms with E-state index in [1.807, 2.05) is 0 Å². The molecule has 0 saturated heterocycles. The van der Waals surface area contributed by atoms with Gasteiger partial charge in [-0.25, -0.2) is 4.57 Å². The van der Waals surface area contributed by atoms with Crippen LogP contribution >= 0.6 is 19.3 Å². The number of halogens is 1. The van der Waals surface area contributed by atoms with Crippen molar-refractivity contribution in [2.45, 2.75) is 32.9 Å². The van der Waals surface area contributed by atoms with Crippen molar-refractivity contribution in [2.24, 2.45) is 0 Å². The first kappa shape index (κ1) is 20.2. The van der Waals surface area contributed by atoms with Crippen LogP contribution in [0, 0.1) is 0 Å². The van der Waals surface area contributed by atoms with Crippen LogP contribution in [0.3, 0.4) is 0 Å². The van der Waals surface area contributed by atoms with Gasteiger partial charge in [-0.05, 0) is 32.9 Å². The van der Waals surface area contributed by atoms with Crippen LogP contribution in [0.1, 0.15) is 20.8 Å². The van der Waals surface area contributed by atoms with Crippen molar-refractivity contribution >= 4 is 25.3 Å². The summed E-state index contributed by atoms with van der Waals surface area (Å²) in [6.07, 6.45) is 2.44. The van der Waals surface area contributed by atoms with E-state index in [9.17, 15) is 9.36 Å².